The van der Waals surface area contributed by atoms with Gasteiger partial charge < -0.3 is 5.32 Å². The number of carbonyl (C=O) groups excluding carboxylic acids is 1. The monoisotopic (exact) mass is 262 g/mol. The Bertz CT molecular complexity index is 775. The van der Waals surface area contributed by atoms with Crippen molar-refractivity contribution < 1.29 is 4.79 Å². The summed E-state index contributed by atoms with van der Waals surface area (Å²) in [4.78, 5) is 16.7. The van der Waals surface area contributed by atoms with Crippen LogP contribution < -0.4 is 5.32 Å². The van der Waals surface area contributed by atoms with E-state index in [-0.39, 0.29) is 5.91 Å². The zero-order valence-electron chi connectivity index (χ0n) is 11.1. The number of hydrogen-bond acceptors (Lipinski definition) is 2. The van der Waals surface area contributed by atoms with Crippen molar-refractivity contribution >= 4 is 22.5 Å². The fourth-order valence-electron chi connectivity index (χ4n) is 2.20. The molecule has 0 unspecified atom stereocenters. The number of anilines is 1. The highest BCUT2D eigenvalue weighted by molar-refractivity contribution is 6.12. The van der Waals surface area contributed by atoms with Gasteiger partial charge in [0.1, 0.15) is 0 Å². The minimum absolute atomic E-state index is 0.113. The molecule has 0 spiro atoms. The minimum atomic E-state index is -0.113. The number of fused-ring (bicyclic) bond motifs is 1. The van der Waals surface area contributed by atoms with Gasteiger partial charge in [-0.1, -0.05) is 36.4 Å². The Labute approximate surface area is 117 Å². The van der Waals surface area contributed by atoms with Crippen molar-refractivity contribution in [2.75, 3.05) is 5.32 Å². The summed E-state index contributed by atoms with van der Waals surface area (Å²) in [6, 6.07) is 17.1. The van der Waals surface area contributed by atoms with Crippen LogP contribution in [0.3, 0.4) is 0 Å². The maximum Gasteiger partial charge on any atom is 0.256 e. The number of pyridine rings is 1. The lowest BCUT2D eigenvalue weighted by molar-refractivity contribution is 0.102. The molecule has 0 aliphatic heterocycles. The van der Waals surface area contributed by atoms with Gasteiger partial charge >= 0.3 is 0 Å². The van der Waals surface area contributed by atoms with Crippen molar-refractivity contribution in [1.29, 1.82) is 0 Å². The van der Waals surface area contributed by atoms with Crippen LogP contribution in [0.4, 0.5) is 5.69 Å². The van der Waals surface area contributed by atoms with Gasteiger partial charge in [-0.15, -0.1) is 0 Å². The van der Waals surface area contributed by atoms with Crippen LogP contribution in [0.15, 0.2) is 60.8 Å². The predicted molar refractivity (Wildman–Crippen MR) is 80.9 cm³/mol. The first-order chi connectivity index (χ1) is 9.75. The third-order valence-corrected chi connectivity index (χ3v) is 3.29. The van der Waals surface area contributed by atoms with Gasteiger partial charge in [-0.3, -0.25) is 9.78 Å². The number of benzene rings is 2. The van der Waals surface area contributed by atoms with Gasteiger partial charge in [-0.05, 0) is 30.7 Å². The standard InChI is InChI=1S/C17H14N2O/c1-12-6-2-4-8-15(12)19-17(20)14-10-11-18-16-9-5-3-7-13(14)16/h2-11H,1H3,(H,19,20). The van der Waals surface area contributed by atoms with Crippen molar-refractivity contribution in [3.63, 3.8) is 0 Å². The summed E-state index contributed by atoms with van der Waals surface area (Å²) in [5, 5.41) is 3.81. The molecule has 0 bridgehead atoms. The summed E-state index contributed by atoms with van der Waals surface area (Å²) in [7, 11) is 0. The third-order valence-electron chi connectivity index (χ3n) is 3.29. The van der Waals surface area contributed by atoms with Gasteiger partial charge in [0.25, 0.3) is 5.91 Å². The molecule has 98 valence electrons. The fraction of sp³-hybridized carbons (Fsp3) is 0.0588. The second-order valence-electron chi connectivity index (χ2n) is 4.64. The molecule has 1 heterocycles. The number of aryl methyl sites for hydroxylation is 1. The first-order valence-electron chi connectivity index (χ1n) is 6.46. The number of nitrogens with one attached hydrogen (secondary N) is 1. The second-order valence-corrected chi connectivity index (χ2v) is 4.64. The molecular weight excluding hydrogens is 248 g/mol. The molecule has 0 radical (unpaired) electrons. The number of amides is 1. The van der Waals surface area contributed by atoms with Crippen molar-refractivity contribution in [2.45, 2.75) is 6.92 Å². The molecule has 1 amide bonds. The zero-order valence-corrected chi connectivity index (χ0v) is 11.1. The molecule has 0 fully saturated rings. The molecule has 0 atom stereocenters. The molecule has 3 heteroatoms. The Morgan fingerprint density at radius 2 is 1.75 bits per heavy atom. The van der Waals surface area contributed by atoms with E-state index < -0.39 is 0 Å². The summed E-state index contributed by atoms with van der Waals surface area (Å²) in [6.45, 7) is 1.97. The van der Waals surface area contributed by atoms with E-state index in [2.05, 4.69) is 10.3 Å². The number of aromatic nitrogens is 1. The number of rotatable bonds is 2. The van der Waals surface area contributed by atoms with Crippen molar-refractivity contribution in [1.82, 2.24) is 4.98 Å². The first-order valence-corrected chi connectivity index (χ1v) is 6.46. The van der Waals surface area contributed by atoms with Crippen molar-refractivity contribution in [3.8, 4) is 0 Å². The third kappa shape index (κ3) is 2.26. The molecule has 0 aliphatic carbocycles. The lowest BCUT2D eigenvalue weighted by Crippen LogP contribution is -2.13. The van der Waals surface area contributed by atoms with Crippen LogP contribution in [0.5, 0.6) is 0 Å². The van der Waals surface area contributed by atoms with Crippen LogP contribution in [-0.2, 0) is 0 Å². The Balaban J connectivity index is 1.99. The Morgan fingerprint density at radius 1 is 1.00 bits per heavy atom. The van der Waals surface area contributed by atoms with Crippen LogP contribution in [0.2, 0.25) is 0 Å². The van der Waals surface area contributed by atoms with Crippen LogP contribution in [-0.4, -0.2) is 10.9 Å². The van der Waals surface area contributed by atoms with Crippen molar-refractivity contribution in [3.05, 3.63) is 71.9 Å². The summed E-state index contributed by atoms with van der Waals surface area (Å²) in [5.41, 5.74) is 3.33. The average molecular weight is 262 g/mol. The SMILES string of the molecule is Cc1ccccc1NC(=O)c1ccnc2ccccc12. The molecule has 0 saturated carbocycles. The van der Waals surface area contributed by atoms with E-state index in [1.165, 1.54) is 0 Å². The normalized spacial score (nSPS) is 10.4. The molecular formula is C17H14N2O. The average Bonchev–Trinajstić information content (AvgIpc) is 2.49. The summed E-state index contributed by atoms with van der Waals surface area (Å²) >= 11 is 0. The largest absolute Gasteiger partial charge is 0.322 e. The molecule has 3 nitrogen and oxygen atoms in total. The van der Waals surface area contributed by atoms with Gasteiger partial charge in [0.15, 0.2) is 0 Å². The molecule has 3 aromatic rings. The lowest BCUT2D eigenvalue weighted by atomic mass is 10.1. The van der Waals surface area contributed by atoms with Crippen molar-refractivity contribution in [2.24, 2.45) is 0 Å². The Kier molecular flexibility index (Phi) is 3.17. The molecule has 0 saturated heterocycles. The molecule has 1 N–H and O–H groups in total. The molecule has 3 rings (SSSR count). The topological polar surface area (TPSA) is 42.0 Å². The minimum Gasteiger partial charge on any atom is -0.322 e. The lowest BCUT2D eigenvalue weighted by Gasteiger charge is -2.09. The summed E-state index contributed by atoms with van der Waals surface area (Å²) < 4.78 is 0. The van der Waals surface area contributed by atoms with Gasteiger partial charge in [0.2, 0.25) is 0 Å². The number of para-hydroxylation sites is 2. The maximum atomic E-state index is 12.4. The van der Waals surface area contributed by atoms with E-state index in [0.717, 1.165) is 22.2 Å². The summed E-state index contributed by atoms with van der Waals surface area (Å²) in [5.74, 6) is -0.113. The van der Waals surface area contributed by atoms with Crippen LogP contribution in [0.25, 0.3) is 10.9 Å². The molecule has 0 aliphatic rings. The highest BCUT2D eigenvalue weighted by Gasteiger charge is 2.11. The van der Waals surface area contributed by atoms with Gasteiger partial charge in [-0.2, -0.15) is 0 Å². The van der Waals surface area contributed by atoms with E-state index in [1.807, 2.05) is 55.5 Å². The quantitative estimate of drug-likeness (QED) is 0.763. The van der Waals surface area contributed by atoms with Crippen LogP contribution in [0, 0.1) is 6.92 Å². The van der Waals surface area contributed by atoms with Crippen LogP contribution >= 0.6 is 0 Å². The summed E-state index contributed by atoms with van der Waals surface area (Å²) in [6.07, 6.45) is 1.66. The van der Waals surface area contributed by atoms with Gasteiger partial charge in [0, 0.05) is 17.3 Å². The maximum absolute atomic E-state index is 12.4. The van der Waals surface area contributed by atoms with Gasteiger partial charge in [-0.25, -0.2) is 0 Å². The number of hydrogen-bond donors (Lipinski definition) is 1. The van der Waals surface area contributed by atoms with Crippen LogP contribution in [0.1, 0.15) is 15.9 Å². The van der Waals surface area contributed by atoms with Gasteiger partial charge in [0.05, 0.1) is 11.1 Å². The predicted octanol–water partition coefficient (Wildman–Crippen LogP) is 3.80. The second kappa shape index (κ2) is 5.13. The van der Waals surface area contributed by atoms with E-state index in [4.69, 9.17) is 0 Å². The van der Waals surface area contributed by atoms with E-state index in [0.29, 0.717) is 5.56 Å². The molecule has 1 aromatic heterocycles. The zero-order chi connectivity index (χ0) is 13.9. The van der Waals surface area contributed by atoms with E-state index in [9.17, 15) is 4.79 Å². The molecule has 2 aromatic carbocycles. The highest BCUT2D eigenvalue weighted by atomic mass is 16.1. The fourth-order valence-corrected chi connectivity index (χ4v) is 2.20. The van der Waals surface area contributed by atoms with E-state index >= 15 is 0 Å². The Morgan fingerprint density at radius 3 is 2.60 bits per heavy atom. The number of nitrogens with zero attached hydrogens (tertiary/aromatic N) is 1. The first kappa shape index (κ1) is 12.4. The van der Waals surface area contributed by atoms with E-state index in [1.54, 1.807) is 12.3 Å². The Hall–Kier alpha value is -2.68. The molecule has 20 heavy (non-hydrogen) atoms. The number of carbonyl (C=O) groups is 1. The highest BCUT2D eigenvalue weighted by Crippen LogP contribution is 2.19. The smallest absolute Gasteiger partial charge is 0.256 e.